The number of hydrogen-bond donors (Lipinski definition) is 0. The van der Waals surface area contributed by atoms with Gasteiger partial charge in [-0.2, -0.15) is 0 Å². The number of carbonyl (C=O) groups is 1. The lowest BCUT2D eigenvalue weighted by Crippen LogP contribution is -2.41. The third-order valence-electron chi connectivity index (χ3n) is 4.12. The van der Waals surface area contributed by atoms with E-state index in [-0.39, 0.29) is 5.91 Å². The van der Waals surface area contributed by atoms with E-state index in [1.807, 2.05) is 11.0 Å². The van der Waals surface area contributed by atoms with E-state index in [0.717, 1.165) is 24.9 Å². The van der Waals surface area contributed by atoms with E-state index in [9.17, 15) is 4.79 Å². The number of likely N-dealkylation sites (tertiary alicyclic amines) is 1. The summed E-state index contributed by atoms with van der Waals surface area (Å²) < 4.78 is 11.0. The van der Waals surface area contributed by atoms with Crippen molar-refractivity contribution in [1.29, 1.82) is 0 Å². The van der Waals surface area contributed by atoms with Crippen molar-refractivity contribution < 1.29 is 14.3 Å². The van der Waals surface area contributed by atoms with Crippen LogP contribution in [0.3, 0.4) is 0 Å². The van der Waals surface area contributed by atoms with Crippen LogP contribution in [0.2, 0.25) is 5.02 Å². The summed E-state index contributed by atoms with van der Waals surface area (Å²) in [5.74, 6) is 1.27. The predicted octanol–water partition coefficient (Wildman–Crippen LogP) is 3.53. The molecule has 1 amide bonds. The molecule has 118 valence electrons. The molecular formula is C17H20ClNO3. The number of carbonyl (C=O) groups excluding carboxylic acids is 1. The second-order valence-corrected chi connectivity index (χ2v) is 6.14. The van der Waals surface area contributed by atoms with Gasteiger partial charge in [-0.1, -0.05) is 11.6 Å². The number of benzene rings is 1. The van der Waals surface area contributed by atoms with E-state index >= 15 is 0 Å². The molecule has 4 nitrogen and oxygen atoms in total. The maximum absolute atomic E-state index is 12.3. The van der Waals surface area contributed by atoms with E-state index in [1.165, 1.54) is 6.42 Å². The molecule has 1 fully saturated rings. The first-order chi connectivity index (χ1) is 10.6. The van der Waals surface area contributed by atoms with Gasteiger partial charge in [0.2, 0.25) is 5.91 Å². The number of ether oxygens (including phenoxy) is 2. The Kier molecular flexibility index (Phi) is 4.57. The highest BCUT2D eigenvalue weighted by molar-refractivity contribution is 6.32. The first kappa shape index (κ1) is 15.2. The van der Waals surface area contributed by atoms with Crippen LogP contribution < -0.4 is 9.47 Å². The van der Waals surface area contributed by atoms with E-state index in [0.29, 0.717) is 35.8 Å². The number of piperidine rings is 1. The van der Waals surface area contributed by atoms with Gasteiger partial charge in [-0.05, 0) is 50.0 Å². The monoisotopic (exact) mass is 321 g/mol. The SMILES string of the molecule is CC1CCCCN1C(=O)C=Cc1cc(Cl)c2c(c1)OCCO2. The Morgan fingerprint density at radius 2 is 2.14 bits per heavy atom. The Balaban J connectivity index is 1.75. The van der Waals surface area contributed by atoms with Crippen LogP contribution in [0.4, 0.5) is 0 Å². The van der Waals surface area contributed by atoms with Gasteiger partial charge in [0, 0.05) is 18.7 Å². The molecule has 0 saturated carbocycles. The molecule has 0 aliphatic carbocycles. The Bertz CT molecular complexity index is 600. The first-order valence-electron chi connectivity index (χ1n) is 7.73. The maximum atomic E-state index is 12.3. The Labute approximate surface area is 135 Å². The number of fused-ring (bicyclic) bond motifs is 1. The lowest BCUT2D eigenvalue weighted by atomic mass is 10.0. The van der Waals surface area contributed by atoms with Gasteiger partial charge in [-0.3, -0.25) is 4.79 Å². The smallest absolute Gasteiger partial charge is 0.246 e. The summed E-state index contributed by atoms with van der Waals surface area (Å²) >= 11 is 6.20. The molecule has 0 bridgehead atoms. The van der Waals surface area contributed by atoms with Gasteiger partial charge in [-0.25, -0.2) is 0 Å². The van der Waals surface area contributed by atoms with Crippen LogP contribution in [0.5, 0.6) is 11.5 Å². The third-order valence-corrected chi connectivity index (χ3v) is 4.40. The topological polar surface area (TPSA) is 38.8 Å². The molecule has 2 aliphatic rings. The molecule has 0 spiro atoms. The summed E-state index contributed by atoms with van der Waals surface area (Å²) in [6, 6.07) is 3.96. The van der Waals surface area contributed by atoms with E-state index in [1.54, 1.807) is 18.2 Å². The van der Waals surface area contributed by atoms with E-state index < -0.39 is 0 Å². The van der Waals surface area contributed by atoms with Crippen LogP contribution >= 0.6 is 11.6 Å². The van der Waals surface area contributed by atoms with Crippen molar-refractivity contribution in [2.75, 3.05) is 19.8 Å². The fourth-order valence-corrected chi connectivity index (χ4v) is 3.19. The highest BCUT2D eigenvalue weighted by Crippen LogP contribution is 2.38. The normalized spacial score (nSPS) is 21.2. The lowest BCUT2D eigenvalue weighted by molar-refractivity contribution is -0.129. The average molecular weight is 322 g/mol. The van der Waals surface area contributed by atoms with Crippen molar-refractivity contribution in [1.82, 2.24) is 4.90 Å². The third kappa shape index (κ3) is 3.22. The zero-order valence-corrected chi connectivity index (χ0v) is 13.4. The van der Waals surface area contributed by atoms with Gasteiger partial charge >= 0.3 is 0 Å². The number of amides is 1. The van der Waals surface area contributed by atoms with Crippen LogP contribution in [0, 0.1) is 0 Å². The molecule has 0 N–H and O–H groups in total. The van der Waals surface area contributed by atoms with Crippen LogP contribution in [0.15, 0.2) is 18.2 Å². The van der Waals surface area contributed by atoms with Gasteiger partial charge in [0.25, 0.3) is 0 Å². The Morgan fingerprint density at radius 1 is 1.32 bits per heavy atom. The number of halogens is 1. The molecule has 1 aromatic rings. The van der Waals surface area contributed by atoms with Gasteiger partial charge in [-0.15, -0.1) is 0 Å². The lowest BCUT2D eigenvalue weighted by Gasteiger charge is -2.32. The Hall–Kier alpha value is -1.68. The summed E-state index contributed by atoms with van der Waals surface area (Å²) in [5, 5.41) is 0.510. The predicted molar refractivity (Wildman–Crippen MR) is 86.5 cm³/mol. The molecule has 1 atom stereocenters. The fraction of sp³-hybridized carbons (Fsp3) is 0.471. The summed E-state index contributed by atoms with van der Waals surface area (Å²) in [7, 11) is 0. The molecule has 1 saturated heterocycles. The molecule has 22 heavy (non-hydrogen) atoms. The number of rotatable bonds is 2. The van der Waals surface area contributed by atoms with E-state index in [2.05, 4.69) is 6.92 Å². The minimum atomic E-state index is 0.0539. The molecule has 3 rings (SSSR count). The molecule has 1 aromatic carbocycles. The van der Waals surface area contributed by atoms with Crippen LogP contribution in [-0.4, -0.2) is 36.6 Å². The molecule has 2 heterocycles. The van der Waals surface area contributed by atoms with Crippen LogP contribution in [-0.2, 0) is 4.79 Å². The first-order valence-corrected chi connectivity index (χ1v) is 8.11. The van der Waals surface area contributed by atoms with Crippen LogP contribution in [0.25, 0.3) is 6.08 Å². The fourth-order valence-electron chi connectivity index (χ4n) is 2.92. The van der Waals surface area contributed by atoms with Crippen molar-refractivity contribution >= 4 is 23.6 Å². The highest BCUT2D eigenvalue weighted by atomic mass is 35.5. The zero-order chi connectivity index (χ0) is 15.5. The molecule has 2 aliphatic heterocycles. The summed E-state index contributed by atoms with van der Waals surface area (Å²) in [6.07, 6.45) is 6.76. The highest BCUT2D eigenvalue weighted by Gasteiger charge is 2.21. The van der Waals surface area contributed by atoms with Crippen molar-refractivity contribution in [3.8, 4) is 11.5 Å². The second kappa shape index (κ2) is 6.61. The van der Waals surface area contributed by atoms with Crippen molar-refractivity contribution in [3.63, 3.8) is 0 Å². The van der Waals surface area contributed by atoms with Crippen molar-refractivity contribution in [3.05, 3.63) is 28.8 Å². The maximum Gasteiger partial charge on any atom is 0.246 e. The van der Waals surface area contributed by atoms with Gasteiger partial charge in [0.05, 0.1) is 5.02 Å². The van der Waals surface area contributed by atoms with Crippen LogP contribution in [0.1, 0.15) is 31.7 Å². The average Bonchev–Trinajstić information content (AvgIpc) is 2.53. The largest absolute Gasteiger partial charge is 0.486 e. The van der Waals surface area contributed by atoms with Crippen molar-refractivity contribution in [2.45, 2.75) is 32.2 Å². The second-order valence-electron chi connectivity index (χ2n) is 5.74. The molecule has 1 unspecified atom stereocenters. The number of hydrogen-bond acceptors (Lipinski definition) is 3. The van der Waals surface area contributed by atoms with Gasteiger partial charge in [0.15, 0.2) is 11.5 Å². The minimum Gasteiger partial charge on any atom is -0.486 e. The standard InChI is InChI=1S/C17H20ClNO3/c1-12-4-2-3-7-19(12)16(20)6-5-13-10-14(18)17-15(11-13)21-8-9-22-17/h5-6,10-12H,2-4,7-9H2,1H3. The summed E-state index contributed by atoms with van der Waals surface area (Å²) in [4.78, 5) is 14.2. The van der Waals surface area contributed by atoms with E-state index in [4.69, 9.17) is 21.1 Å². The summed E-state index contributed by atoms with van der Waals surface area (Å²) in [5.41, 5.74) is 0.840. The molecule has 5 heteroatoms. The number of nitrogens with zero attached hydrogens (tertiary/aromatic N) is 1. The summed E-state index contributed by atoms with van der Waals surface area (Å²) in [6.45, 7) is 3.96. The minimum absolute atomic E-state index is 0.0539. The van der Waals surface area contributed by atoms with Gasteiger partial charge in [0.1, 0.15) is 13.2 Å². The zero-order valence-electron chi connectivity index (χ0n) is 12.7. The van der Waals surface area contributed by atoms with Crippen molar-refractivity contribution in [2.24, 2.45) is 0 Å². The molecular weight excluding hydrogens is 302 g/mol. The Morgan fingerprint density at radius 3 is 2.95 bits per heavy atom. The molecule has 0 radical (unpaired) electrons. The quantitative estimate of drug-likeness (QED) is 0.782. The molecule has 0 aromatic heterocycles. The van der Waals surface area contributed by atoms with Gasteiger partial charge < -0.3 is 14.4 Å².